The van der Waals surface area contributed by atoms with Crippen molar-refractivity contribution >= 4 is 43.3 Å². The Morgan fingerprint density at radius 1 is 0.854 bits per heavy atom. The summed E-state index contributed by atoms with van der Waals surface area (Å²) in [4.78, 5) is 28.0. The zero-order valence-corrected chi connectivity index (χ0v) is 31.7. The molecule has 3 aliphatic heterocycles. The second-order valence-electron chi connectivity index (χ2n) is 14.9. The molecule has 264 valence electrons. The maximum atomic E-state index is 13.6. The van der Waals surface area contributed by atoms with Crippen LogP contribution in [0.4, 0.5) is 8.78 Å². The van der Waals surface area contributed by atoms with Crippen LogP contribution in [0.15, 0.2) is 36.4 Å². The maximum Gasteiger partial charge on any atom is 0.253 e. The van der Waals surface area contributed by atoms with Gasteiger partial charge in [-0.15, -0.1) is 0 Å². The molecule has 3 saturated heterocycles. The molecule has 1 unspecified atom stereocenters. The highest BCUT2D eigenvalue weighted by molar-refractivity contribution is 6.77. The van der Waals surface area contributed by atoms with Crippen LogP contribution in [0.25, 0.3) is 11.1 Å². The highest BCUT2D eigenvalue weighted by Crippen LogP contribution is 2.44. The number of alkyl halides is 2. The summed E-state index contributed by atoms with van der Waals surface area (Å²) >= 11 is 13.6. The van der Waals surface area contributed by atoms with Gasteiger partial charge in [-0.25, -0.2) is 13.8 Å². The number of halogens is 4. The summed E-state index contributed by atoms with van der Waals surface area (Å²) in [5, 5.41) is 5.16. The molecule has 2 aromatic rings. The average molecular weight is 723 g/mol. The van der Waals surface area contributed by atoms with Crippen molar-refractivity contribution in [3.05, 3.63) is 57.6 Å². The van der Waals surface area contributed by atoms with E-state index >= 15 is 0 Å². The predicted octanol–water partition coefficient (Wildman–Crippen LogP) is 9.49. The number of hydrogen-bond acceptors (Lipinski definition) is 4. The lowest BCUT2D eigenvalue weighted by Crippen LogP contribution is -2.54. The molecule has 0 bridgehead atoms. The first-order valence-corrected chi connectivity index (χ1v) is 20.5. The number of hydrogen-bond donors (Lipinski definition) is 0. The van der Waals surface area contributed by atoms with Gasteiger partial charge in [-0.3, -0.25) is 14.6 Å². The van der Waals surface area contributed by atoms with Gasteiger partial charge in [0.25, 0.3) is 11.8 Å². The number of rotatable bonds is 10. The van der Waals surface area contributed by atoms with E-state index in [0.717, 1.165) is 49.0 Å². The van der Waals surface area contributed by atoms with E-state index < -0.39 is 14.2 Å². The molecule has 3 fully saturated rings. The standard InChI is InChI=1S/C37H51Cl2F2N3O3Si/c1-24(2)48(25(3)4,26(5)6)47-31-12-16-43(17-13-31)44-18-11-29(36(44)46)21-32-33(38)22-30(23-34(32)39)27-7-9-28(10-8-27)35(45)42-19-14-37(40,41)15-20-42/h7-10,22-26,29,31H,11-21H2,1-6H3. The minimum absolute atomic E-state index is 0.0478. The normalized spacial score (nSPS) is 21.3. The maximum absolute atomic E-state index is 13.6. The number of carbonyl (C=O) groups is 2. The summed E-state index contributed by atoms with van der Waals surface area (Å²) in [6.45, 7) is 16.4. The van der Waals surface area contributed by atoms with Crippen molar-refractivity contribution in [3.63, 3.8) is 0 Å². The molecular formula is C37H51Cl2F2N3O3Si. The first kappa shape index (κ1) is 37.2. The third-order valence-electron chi connectivity index (χ3n) is 11.0. The largest absolute Gasteiger partial charge is 0.413 e. The van der Waals surface area contributed by atoms with Gasteiger partial charge >= 0.3 is 0 Å². The van der Waals surface area contributed by atoms with Crippen LogP contribution in [0.3, 0.4) is 0 Å². The number of nitrogens with zero attached hydrogens (tertiary/aromatic N) is 3. The second kappa shape index (κ2) is 15.1. The SMILES string of the molecule is CC(C)[Si](OC1CCN(N2CCC(Cc3c(Cl)cc(-c4ccc(C(=O)N5CCC(F)(F)CC5)cc4)cc3Cl)C2=O)CC1)(C(C)C)C(C)C. The van der Waals surface area contributed by atoms with Gasteiger partial charge in [-0.05, 0) is 83.3 Å². The molecule has 0 N–H and O–H groups in total. The Morgan fingerprint density at radius 2 is 1.40 bits per heavy atom. The fourth-order valence-corrected chi connectivity index (χ4v) is 14.6. The number of amides is 2. The van der Waals surface area contributed by atoms with E-state index in [2.05, 4.69) is 46.6 Å². The van der Waals surface area contributed by atoms with Crippen molar-refractivity contribution in [3.8, 4) is 11.1 Å². The van der Waals surface area contributed by atoms with Gasteiger partial charge in [0.05, 0.1) is 0 Å². The van der Waals surface area contributed by atoms with Crippen molar-refractivity contribution in [2.75, 3.05) is 32.7 Å². The first-order chi connectivity index (χ1) is 22.6. The van der Waals surface area contributed by atoms with Gasteiger partial charge < -0.3 is 9.33 Å². The Labute approximate surface area is 296 Å². The van der Waals surface area contributed by atoms with Crippen molar-refractivity contribution in [1.82, 2.24) is 14.9 Å². The number of hydrazine groups is 1. The molecule has 0 spiro atoms. The van der Waals surface area contributed by atoms with Gasteiger partial charge in [0.15, 0.2) is 0 Å². The molecule has 11 heteroatoms. The Morgan fingerprint density at radius 3 is 1.92 bits per heavy atom. The van der Waals surface area contributed by atoms with E-state index in [4.69, 9.17) is 27.6 Å². The van der Waals surface area contributed by atoms with Crippen LogP contribution in [-0.2, 0) is 15.6 Å². The van der Waals surface area contributed by atoms with E-state index in [9.17, 15) is 18.4 Å². The van der Waals surface area contributed by atoms with Crippen LogP contribution in [-0.4, -0.2) is 79.8 Å². The predicted molar refractivity (Wildman–Crippen MR) is 192 cm³/mol. The van der Waals surface area contributed by atoms with Crippen molar-refractivity contribution in [2.45, 2.75) is 109 Å². The number of carbonyl (C=O) groups excluding carboxylic acids is 2. The summed E-state index contributed by atoms with van der Waals surface area (Å²) in [6.07, 6.45) is 2.71. The minimum Gasteiger partial charge on any atom is -0.413 e. The lowest BCUT2D eigenvalue weighted by molar-refractivity contribution is -0.149. The quantitative estimate of drug-likeness (QED) is 0.230. The smallest absolute Gasteiger partial charge is 0.253 e. The Kier molecular flexibility index (Phi) is 11.7. The Balaban J connectivity index is 1.18. The van der Waals surface area contributed by atoms with Crippen molar-refractivity contribution in [1.29, 1.82) is 0 Å². The summed E-state index contributed by atoms with van der Waals surface area (Å²) in [5.74, 6) is -3.02. The topological polar surface area (TPSA) is 53.1 Å². The van der Waals surface area contributed by atoms with E-state index in [1.54, 1.807) is 12.1 Å². The van der Waals surface area contributed by atoms with Crippen LogP contribution >= 0.6 is 23.2 Å². The van der Waals surface area contributed by atoms with Crippen LogP contribution in [0, 0.1) is 5.92 Å². The molecule has 6 nitrogen and oxygen atoms in total. The van der Waals surface area contributed by atoms with Crippen LogP contribution in [0.2, 0.25) is 26.7 Å². The monoisotopic (exact) mass is 721 g/mol. The van der Waals surface area contributed by atoms with E-state index in [1.807, 2.05) is 29.3 Å². The Hall–Kier alpha value is -2.04. The second-order valence-corrected chi connectivity index (χ2v) is 21.1. The molecule has 5 rings (SSSR count). The third-order valence-corrected chi connectivity index (χ3v) is 17.8. The van der Waals surface area contributed by atoms with E-state index in [0.29, 0.717) is 45.2 Å². The molecule has 3 aliphatic rings. The molecule has 1 atom stereocenters. The Bertz CT molecular complexity index is 1410. The molecule has 2 aromatic carbocycles. The van der Waals surface area contributed by atoms with Crippen LogP contribution < -0.4 is 0 Å². The highest BCUT2D eigenvalue weighted by atomic mass is 35.5. The summed E-state index contributed by atoms with van der Waals surface area (Å²) < 4.78 is 34.1. The van der Waals surface area contributed by atoms with Crippen molar-refractivity contribution in [2.24, 2.45) is 5.92 Å². The average Bonchev–Trinajstić information content (AvgIpc) is 3.40. The zero-order chi connectivity index (χ0) is 35.0. The lowest BCUT2D eigenvalue weighted by atomic mass is 9.95. The summed E-state index contributed by atoms with van der Waals surface area (Å²) in [5.41, 5.74) is 4.49. The van der Waals surface area contributed by atoms with E-state index in [1.165, 1.54) is 4.90 Å². The van der Waals surface area contributed by atoms with E-state index in [-0.39, 0.29) is 49.8 Å². The molecule has 0 radical (unpaired) electrons. The molecule has 3 heterocycles. The number of benzene rings is 2. The van der Waals surface area contributed by atoms with Gasteiger partial charge in [0, 0.05) is 73.2 Å². The number of likely N-dealkylation sites (tertiary alicyclic amines) is 1. The van der Waals surface area contributed by atoms with Gasteiger partial charge in [-0.1, -0.05) is 76.9 Å². The first-order valence-electron chi connectivity index (χ1n) is 17.6. The van der Waals surface area contributed by atoms with Crippen LogP contribution in [0.5, 0.6) is 0 Å². The molecule has 0 aliphatic carbocycles. The van der Waals surface area contributed by atoms with Crippen molar-refractivity contribution < 1.29 is 22.8 Å². The number of piperidine rings is 2. The molecule has 2 amide bonds. The minimum atomic E-state index is -2.70. The van der Waals surface area contributed by atoms with Gasteiger partial charge in [-0.2, -0.15) is 0 Å². The fraction of sp³-hybridized carbons (Fsp3) is 0.622. The molecule has 0 saturated carbocycles. The van der Waals surface area contributed by atoms with Gasteiger partial charge in [0.1, 0.15) is 0 Å². The molecular weight excluding hydrogens is 671 g/mol. The lowest BCUT2D eigenvalue weighted by Gasteiger charge is -2.47. The summed E-state index contributed by atoms with van der Waals surface area (Å²) in [6, 6.07) is 10.7. The highest BCUT2D eigenvalue weighted by Gasteiger charge is 2.47. The fourth-order valence-electron chi connectivity index (χ4n) is 8.33. The molecule has 0 aromatic heterocycles. The molecule has 48 heavy (non-hydrogen) atoms. The summed E-state index contributed by atoms with van der Waals surface area (Å²) in [7, 11) is -1.95. The zero-order valence-electron chi connectivity index (χ0n) is 29.2. The van der Waals surface area contributed by atoms with Crippen LogP contribution in [0.1, 0.15) is 89.6 Å². The third kappa shape index (κ3) is 7.80. The van der Waals surface area contributed by atoms with Gasteiger partial charge in [0.2, 0.25) is 14.2 Å².